The molecule has 0 bridgehead atoms. The van der Waals surface area contributed by atoms with Crippen LogP contribution in [-0.2, 0) is 24.3 Å². The van der Waals surface area contributed by atoms with Crippen molar-refractivity contribution < 1.29 is 27.5 Å². The van der Waals surface area contributed by atoms with Crippen LogP contribution in [0, 0.1) is 0 Å². The molecule has 1 aliphatic rings. The molecule has 8 nitrogen and oxygen atoms in total. The number of fused-ring (bicyclic) bond motifs is 1. The van der Waals surface area contributed by atoms with Crippen LogP contribution < -0.4 is 5.32 Å². The molecule has 3 aromatic rings. The standard InChI is InChI=1S/C21H19ClN2O6S2/c22-19-16-3-1-2-4-17(16)31-20(19)21(26)30-13-18(25)23-14-5-7-15(8-6-14)32(27,28)24-9-11-29-12-10-24/h1-8H,9-13H2,(H,23,25). The number of nitrogens with zero attached hydrogens (tertiary/aromatic N) is 1. The van der Waals surface area contributed by atoms with Crippen molar-refractivity contribution in [2.75, 3.05) is 38.2 Å². The predicted molar refractivity (Wildman–Crippen MR) is 122 cm³/mol. The molecule has 1 fully saturated rings. The van der Waals surface area contributed by atoms with E-state index in [9.17, 15) is 18.0 Å². The highest BCUT2D eigenvalue weighted by molar-refractivity contribution is 7.89. The van der Waals surface area contributed by atoms with E-state index in [1.165, 1.54) is 39.9 Å². The molecule has 168 valence electrons. The number of rotatable bonds is 6. The number of anilines is 1. The zero-order valence-electron chi connectivity index (χ0n) is 16.7. The molecule has 0 unspecified atom stereocenters. The van der Waals surface area contributed by atoms with Gasteiger partial charge in [0.1, 0.15) is 4.88 Å². The highest BCUT2D eigenvalue weighted by atomic mass is 35.5. The second kappa shape index (κ2) is 9.55. The average molecular weight is 495 g/mol. The number of halogens is 1. The Kier molecular flexibility index (Phi) is 6.77. The van der Waals surface area contributed by atoms with E-state index in [4.69, 9.17) is 21.1 Å². The van der Waals surface area contributed by atoms with Gasteiger partial charge in [-0.3, -0.25) is 4.79 Å². The van der Waals surface area contributed by atoms with Crippen molar-refractivity contribution in [1.29, 1.82) is 0 Å². The topological polar surface area (TPSA) is 102 Å². The van der Waals surface area contributed by atoms with Crippen molar-refractivity contribution in [1.82, 2.24) is 4.31 Å². The van der Waals surface area contributed by atoms with E-state index >= 15 is 0 Å². The van der Waals surface area contributed by atoms with Crippen LogP contribution in [0.25, 0.3) is 10.1 Å². The van der Waals surface area contributed by atoms with Gasteiger partial charge >= 0.3 is 5.97 Å². The average Bonchev–Trinajstić information content (AvgIpc) is 3.15. The fourth-order valence-corrected chi connectivity index (χ4v) is 6.00. The summed E-state index contributed by atoms with van der Waals surface area (Å²) in [4.78, 5) is 24.9. The largest absolute Gasteiger partial charge is 0.451 e. The number of nitrogens with one attached hydrogen (secondary N) is 1. The molecule has 1 N–H and O–H groups in total. The quantitative estimate of drug-likeness (QED) is 0.527. The number of benzene rings is 2. The molecule has 0 spiro atoms. The molecular formula is C21H19ClN2O6S2. The summed E-state index contributed by atoms with van der Waals surface area (Å²) in [5, 5.41) is 3.63. The first-order valence-electron chi connectivity index (χ1n) is 9.68. The van der Waals surface area contributed by atoms with Crippen LogP contribution in [0.1, 0.15) is 9.67 Å². The van der Waals surface area contributed by atoms with Gasteiger partial charge in [-0.2, -0.15) is 4.31 Å². The number of hydrogen-bond donors (Lipinski definition) is 1. The van der Waals surface area contributed by atoms with E-state index in [0.29, 0.717) is 37.0 Å². The monoisotopic (exact) mass is 494 g/mol. The number of carbonyl (C=O) groups excluding carboxylic acids is 2. The smallest absolute Gasteiger partial charge is 0.350 e. The maximum atomic E-state index is 12.6. The number of morpholine rings is 1. The highest BCUT2D eigenvalue weighted by Gasteiger charge is 2.26. The van der Waals surface area contributed by atoms with Gasteiger partial charge in [0.25, 0.3) is 5.91 Å². The summed E-state index contributed by atoms with van der Waals surface area (Å²) < 4.78 is 37.8. The summed E-state index contributed by atoms with van der Waals surface area (Å²) in [6.45, 7) is 0.820. The number of hydrogen-bond acceptors (Lipinski definition) is 7. The van der Waals surface area contributed by atoms with E-state index in [-0.39, 0.29) is 9.77 Å². The lowest BCUT2D eigenvalue weighted by molar-refractivity contribution is -0.119. The Balaban J connectivity index is 1.35. The Morgan fingerprint density at radius 1 is 1.09 bits per heavy atom. The van der Waals surface area contributed by atoms with Crippen molar-refractivity contribution in [3.05, 3.63) is 58.4 Å². The molecule has 1 aliphatic heterocycles. The van der Waals surface area contributed by atoms with Gasteiger partial charge in [-0.1, -0.05) is 29.8 Å². The summed E-state index contributed by atoms with van der Waals surface area (Å²) in [7, 11) is -3.61. The van der Waals surface area contributed by atoms with Crippen LogP contribution in [0.4, 0.5) is 5.69 Å². The predicted octanol–water partition coefficient (Wildman–Crippen LogP) is 3.37. The lowest BCUT2D eigenvalue weighted by Gasteiger charge is -2.26. The third-order valence-corrected chi connectivity index (χ3v) is 8.37. The van der Waals surface area contributed by atoms with Crippen molar-refractivity contribution in [3.63, 3.8) is 0 Å². The minimum atomic E-state index is -3.61. The van der Waals surface area contributed by atoms with Crippen molar-refractivity contribution >= 4 is 60.6 Å². The molecule has 1 aromatic heterocycles. The fourth-order valence-electron chi connectivity index (χ4n) is 3.19. The van der Waals surface area contributed by atoms with Crippen molar-refractivity contribution in [2.45, 2.75) is 4.90 Å². The maximum Gasteiger partial charge on any atom is 0.350 e. The van der Waals surface area contributed by atoms with Gasteiger partial charge in [0.15, 0.2) is 6.61 Å². The first kappa shape index (κ1) is 22.7. The Morgan fingerprint density at radius 2 is 1.78 bits per heavy atom. The molecule has 32 heavy (non-hydrogen) atoms. The lowest BCUT2D eigenvalue weighted by atomic mass is 10.2. The molecule has 1 saturated heterocycles. The van der Waals surface area contributed by atoms with Crippen molar-refractivity contribution in [3.8, 4) is 0 Å². The Morgan fingerprint density at radius 3 is 2.47 bits per heavy atom. The maximum absolute atomic E-state index is 12.6. The molecule has 4 rings (SSSR count). The first-order chi connectivity index (χ1) is 15.4. The second-order valence-corrected chi connectivity index (χ2v) is 10.3. The van der Waals surface area contributed by atoms with Crippen LogP contribution in [0.5, 0.6) is 0 Å². The van der Waals surface area contributed by atoms with E-state index in [1.807, 2.05) is 18.2 Å². The van der Waals surface area contributed by atoms with E-state index in [2.05, 4.69) is 5.32 Å². The Bertz CT molecular complexity index is 1250. The minimum Gasteiger partial charge on any atom is -0.451 e. The van der Waals surface area contributed by atoms with Crippen molar-refractivity contribution in [2.24, 2.45) is 0 Å². The zero-order chi connectivity index (χ0) is 22.7. The van der Waals surface area contributed by atoms with E-state index < -0.39 is 28.5 Å². The van der Waals surface area contributed by atoms with E-state index in [1.54, 1.807) is 6.07 Å². The number of amides is 1. The molecule has 0 aliphatic carbocycles. The second-order valence-electron chi connectivity index (χ2n) is 6.91. The fraction of sp³-hybridized carbons (Fsp3) is 0.238. The van der Waals surface area contributed by atoms with Gasteiger partial charge in [-0.25, -0.2) is 13.2 Å². The number of sulfonamides is 1. The molecule has 1 amide bonds. The van der Waals surface area contributed by atoms with E-state index in [0.717, 1.165) is 10.1 Å². The van der Waals surface area contributed by atoms with Gasteiger partial charge in [0, 0.05) is 28.9 Å². The molecule has 0 atom stereocenters. The summed E-state index contributed by atoms with van der Waals surface area (Å²) in [5.74, 6) is -1.24. The molecule has 0 radical (unpaired) electrons. The van der Waals surface area contributed by atoms with Gasteiger partial charge in [-0.15, -0.1) is 11.3 Å². The molecule has 2 aromatic carbocycles. The zero-order valence-corrected chi connectivity index (χ0v) is 19.1. The third-order valence-electron chi connectivity index (χ3n) is 4.80. The number of carbonyl (C=O) groups is 2. The van der Waals surface area contributed by atoms with Crippen LogP contribution in [0.2, 0.25) is 5.02 Å². The Labute approximate surface area is 193 Å². The first-order valence-corrected chi connectivity index (χ1v) is 12.3. The Hall–Kier alpha value is -2.50. The normalized spacial score (nSPS) is 14.9. The summed E-state index contributed by atoms with van der Waals surface area (Å²) in [6.07, 6.45) is 0. The van der Waals surface area contributed by atoms with Crippen LogP contribution in [0.15, 0.2) is 53.4 Å². The molecular weight excluding hydrogens is 476 g/mol. The number of esters is 1. The summed E-state index contributed by atoms with van der Waals surface area (Å²) in [6, 6.07) is 13.1. The van der Waals surface area contributed by atoms with Gasteiger partial charge < -0.3 is 14.8 Å². The lowest BCUT2D eigenvalue weighted by Crippen LogP contribution is -2.40. The number of ether oxygens (including phenoxy) is 2. The molecule has 2 heterocycles. The van der Waals surface area contributed by atoms with Crippen LogP contribution in [0.3, 0.4) is 0 Å². The van der Waals surface area contributed by atoms with Crippen LogP contribution in [-0.4, -0.2) is 57.5 Å². The van der Waals surface area contributed by atoms with Gasteiger partial charge in [0.2, 0.25) is 10.0 Å². The molecule has 11 heteroatoms. The van der Waals surface area contributed by atoms with Gasteiger partial charge in [0.05, 0.1) is 23.1 Å². The molecule has 0 saturated carbocycles. The van der Waals surface area contributed by atoms with Crippen LogP contribution >= 0.6 is 22.9 Å². The summed E-state index contributed by atoms with van der Waals surface area (Å²) in [5.41, 5.74) is 0.381. The third kappa shape index (κ3) is 4.79. The minimum absolute atomic E-state index is 0.128. The highest BCUT2D eigenvalue weighted by Crippen LogP contribution is 2.35. The van der Waals surface area contributed by atoms with Gasteiger partial charge in [-0.05, 0) is 30.3 Å². The number of thiophene rings is 1. The SMILES string of the molecule is O=C(COC(=O)c1sc2ccccc2c1Cl)Nc1ccc(S(=O)(=O)N2CCOCC2)cc1. The summed E-state index contributed by atoms with van der Waals surface area (Å²) >= 11 is 7.45.